The number of halogens is 1. The largest absolute Gasteiger partial charge is 0.392 e. The van der Waals surface area contributed by atoms with E-state index in [1.807, 2.05) is 12.1 Å². The minimum absolute atomic E-state index is 0.00589. The number of hydrogen-bond donors (Lipinski definition) is 1. The van der Waals surface area contributed by atoms with Crippen molar-refractivity contribution in [3.63, 3.8) is 0 Å². The van der Waals surface area contributed by atoms with E-state index in [4.69, 9.17) is 11.6 Å². The molecule has 1 aliphatic heterocycles. The van der Waals surface area contributed by atoms with Crippen molar-refractivity contribution in [3.8, 4) is 0 Å². The lowest BCUT2D eigenvalue weighted by molar-refractivity contribution is 0.276. The Morgan fingerprint density at radius 2 is 2.18 bits per heavy atom. The Balaban J connectivity index is 2.30. The number of piperidine rings is 1. The molecule has 2 nitrogen and oxygen atoms in total. The van der Waals surface area contributed by atoms with Gasteiger partial charge in [-0.1, -0.05) is 31.5 Å². The number of nitrogens with zero attached hydrogens (tertiary/aromatic N) is 1. The number of rotatable bonds is 2. The van der Waals surface area contributed by atoms with Gasteiger partial charge in [0.1, 0.15) is 0 Å². The first kappa shape index (κ1) is 12.7. The number of anilines is 1. The van der Waals surface area contributed by atoms with Crippen LogP contribution < -0.4 is 4.90 Å². The summed E-state index contributed by atoms with van der Waals surface area (Å²) in [7, 11) is 0. The van der Waals surface area contributed by atoms with E-state index in [-0.39, 0.29) is 6.61 Å². The summed E-state index contributed by atoms with van der Waals surface area (Å²) in [5.74, 6) is 0. The summed E-state index contributed by atoms with van der Waals surface area (Å²) in [5.41, 5.74) is 2.28. The molecule has 3 heteroatoms. The van der Waals surface area contributed by atoms with E-state index < -0.39 is 0 Å². The van der Waals surface area contributed by atoms with Gasteiger partial charge in [0.25, 0.3) is 0 Å². The molecule has 0 unspecified atom stereocenters. The van der Waals surface area contributed by atoms with Crippen LogP contribution in [0, 0.1) is 5.41 Å². The highest BCUT2D eigenvalue weighted by molar-refractivity contribution is 6.31. The summed E-state index contributed by atoms with van der Waals surface area (Å²) < 4.78 is 0. The van der Waals surface area contributed by atoms with E-state index >= 15 is 0 Å². The maximum Gasteiger partial charge on any atom is 0.0716 e. The maximum atomic E-state index is 9.45. The second-order valence-corrected chi connectivity index (χ2v) is 5.99. The summed E-state index contributed by atoms with van der Waals surface area (Å²) in [4.78, 5) is 2.35. The quantitative estimate of drug-likeness (QED) is 0.873. The molecule has 0 bridgehead atoms. The van der Waals surface area contributed by atoms with Crippen LogP contribution in [0.1, 0.15) is 32.3 Å². The van der Waals surface area contributed by atoms with Crippen LogP contribution in [0.15, 0.2) is 18.2 Å². The lowest BCUT2D eigenvalue weighted by atomic mass is 9.84. The Bertz CT molecular complexity index is 403. The van der Waals surface area contributed by atoms with E-state index in [1.165, 1.54) is 12.8 Å². The van der Waals surface area contributed by atoms with Crippen LogP contribution in [0.25, 0.3) is 0 Å². The van der Waals surface area contributed by atoms with Gasteiger partial charge in [-0.3, -0.25) is 0 Å². The first-order valence-electron chi connectivity index (χ1n) is 6.17. The van der Waals surface area contributed by atoms with Crippen LogP contribution in [0.2, 0.25) is 5.02 Å². The summed E-state index contributed by atoms with van der Waals surface area (Å²) in [6.45, 7) is 6.67. The maximum absolute atomic E-state index is 9.45. The standard InChI is InChI=1S/C14H20ClNO/c1-14(2)7-4-8-16(10-14)13-6-3-5-12(15)11(13)9-17/h3,5-6,17H,4,7-10H2,1-2H3. The van der Waals surface area contributed by atoms with E-state index in [0.29, 0.717) is 10.4 Å². The zero-order valence-corrected chi connectivity index (χ0v) is 11.3. The van der Waals surface area contributed by atoms with Gasteiger partial charge in [-0.25, -0.2) is 0 Å². The van der Waals surface area contributed by atoms with Gasteiger partial charge in [0, 0.05) is 29.4 Å². The normalized spacial score (nSPS) is 19.4. The Morgan fingerprint density at radius 3 is 2.82 bits per heavy atom. The molecular formula is C14H20ClNO. The summed E-state index contributed by atoms with van der Waals surface area (Å²) >= 11 is 6.13. The molecule has 0 saturated carbocycles. The van der Waals surface area contributed by atoms with Gasteiger partial charge >= 0.3 is 0 Å². The zero-order valence-electron chi connectivity index (χ0n) is 10.5. The Labute approximate surface area is 108 Å². The molecule has 0 radical (unpaired) electrons. The van der Waals surface area contributed by atoms with Crippen molar-refractivity contribution < 1.29 is 5.11 Å². The highest BCUT2D eigenvalue weighted by atomic mass is 35.5. The topological polar surface area (TPSA) is 23.5 Å². The SMILES string of the molecule is CC1(C)CCCN(c2cccc(Cl)c2CO)C1. The van der Waals surface area contributed by atoms with Crippen LogP contribution >= 0.6 is 11.6 Å². The van der Waals surface area contributed by atoms with Crippen molar-refractivity contribution >= 4 is 17.3 Å². The number of hydrogen-bond acceptors (Lipinski definition) is 2. The number of aliphatic hydroxyl groups excluding tert-OH is 1. The molecule has 1 saturated heterocycles. The molecule has 1 aromatic rings. The van der Waals surface area contributed by atoms with Crippen molar-refractivity contribution in [2.45, 2.75) is 33.3 Å². The second kappa shape index (κ2) is 4.87. The fourth-order valence-electron chi connectivity index (χ4n) is 2.63. The first-order chi connectivity index (χ1) is 8.03. The predicted octanol–water partition coefficient (Wildman–Crippen LogP) is 3.46. The van der Waals surface area contributed by atoms with Gasteiger partial charge in [-0.05, 0) is 30.4 Å². The molecule has 0 spiro atoms. The highest BCUT2D eigenvalue weighted by Gasteiger charge is 2.27. The van der Waals surface area contributed by atoms with Gasteiger partial charge in [0.2, 0.25) is 0 Å². The van der Waals surface area contributed by atoms with Crippen LogP contribution in [0.4, 0.5) is 5.69 Å². The van der Waals surface area contributed by atoms with Crippen LogP contribution in [-0.4, -0.2) is 18.2 Å². The molecular weight excluding hydrogens is 234 g/mol. The minimum atomic E-state index is 0.00589. The molecule has 0 amide bonds. The van der Waals surface area contributed by atoms with Crippen molar-refractivity contribution in [1.29, 1.82) is 0 Å². The predicted molar refractivity (Wildman–Crippen MR) is 72.6 cm³/mol. The smallest absolute Gasteiger partial charge is 0.0716 e. The third-order valence-corrected chi connectivity index (χ3v) is 3.85. The van der Waals surface area contributed by atoms with Gasteiger partial charge < -0.3 is 10.0 Å². The third kappa shape index (κ3) is 2.75. The number of aliphatic hydroxyl groups is 1. The van der Waals surface area contributed by atoms with Crippen molar-refractivity contribution in [2.75, 3.05) is 18.0 Å². The fraction of sp³-hybridized carbons (Fsp3) is 0.571. The Hall–Kier alpha value is -0.730. The van der Waals surface area contributed by atoms with Gasteiger partial charge in [0.05, 0.1) is 6.61 Å². The second-order valence-electron chi connectivity index (χ2n) is 5.58. The van der Waals surface area contributed by atoms with E-state index in [9.17, 15) is 5.11 Å². The van der Waals surface area contributed by atoms with Gasteiger partial charge in [0.15, 0.2) is 0 Å². The molecule has 0 atom stereocenters. The molecule has 1 aliphatic rings. The zero-order chi connectivity index (χ0) is 12.5. The average molecular weight is 254 g/mol. The molecule has 0 aliphatic carbocycles. The summed E-state index contributed by atoms with van der Waals surface area (Å²) in [5, 5.41) is 10.1. The monoisotopic (exact) mass is 253 g/mol. The third-order valence-electron chi connectivity index (χ3n) is 3.49. The molecule has 0 aromatic heterocycles. The van der Waals surface area contributed by atoms with Crippen molar-refractivity contribution in [3.05, 3.63) is 28.8 Å². The molecule has 17 heavy (non-hydrogen) atoms. The average Bonchev–Trinajstić information content (AvgIpc) is 2.27. The molecule has 1 aromatic carbocycles. The minimum Gasteiger partial charge on any atom is -0.392 e. The molecule has 94 valence electrons. The lowest BCUT2D eigenvalue weighted by Gasteiger charge is -2.40. The first-order valence-corrected chi connectivity index (χ1v) is 6.54. The molecule has 1 N–H and O–H groups in total. The van der Waals surface area contributed by atoms with E-state index in [0.717, 1.165) is 24.3 Å². The lowest BCUT2D eigenvalue weighted by Crippen LogP contribution is -2.40. The van der Waals surface area contributed by atoms with Crippen molar-refractivity contribution in [1.82, 2.24) is 0 Å². The molecule has 1 fully saturated rings. The highest BCUT2D eigenvalue weighted by Crippen LogP contribution is 2.35. The number of benzene rings is 1. The van der Waals surface area contributed by atoms with E-state index in [2.05, 4.69) is 24.8 Å². The van der Waals surface area contributed by atoms with E-state index in [1.54, 1.807) is 0 Å². The van der Waals surface area contributed by atoms with Crippen LogP contribution in [0.3, 0.4) is 0 Å². The molecule has 1 heterocycles. The van der Waals surface area contributed by atoms with Crippen LogP contribution in [-0.2, 0) is 6.61 Å². The van der Waals surface area contributed by atoms with Crippen molar-refractivity contribution in [2.24, 2.45) is 5.41 Å². The fourth-order valence-corrected chi connectivity index (χ4v) is 2.86. The Kier molecular flexibility index (Phi) is 3.64. The molecule has 2 rings (SSSR count). The van der Waals surface area contributed by atoms with Gasteiger partial charge in [-0.2, -0.15) is 0 Å². The summed E-state index contributed by atoms with van der Waals surface area (Å²) in [6.07, 6.45) is 2.46. The van der Waals surface area contributed by atoms with Gasteiger partial charge in [-0.15, -0.1) is 0 Å². The van der Waals surface area contributed by atoms with Crippen LogP contribution in [0.5, 0.6) is 0 Å². The summed E-state index contributed by atoms with van der Waals surface area (Å²) in [6, 6.07) is 5.85. The Morgan fingerprint density at radius 1 is 1.41 bits per heavy atom.